The molecule has 1 saturated heterocycles. The summed E-state index contributed by atoms with van der Waals surface area (Å²) in [5.74, 6) is -2.65. The molecule has 0 atom stereocenters. The van der Waals surface area contributed by atoms with Gasteiger partial charge in [0.2, 0.25) is 0 Å². The number of hydrogen-bond acceptors (Lipinski definition) is 4. The Bertz CT molecular complexity index is 888. The smallest absolute Gasteiger partial charge is 0.335 e. The molecule has 3 rings (SSSR count). The monoisotopic (exact) mass is 325 g/mol. The lowest BCUT2D eigenvalue weighted by atomic mass is 10.1. The molecule has 2 aromatic rings. The first-order chi connectivity index (χ1) is 11.5. The maximum Gasteiger partial charge on any atom is 0.335 e. The zero-order valence-electron chi connectivity index (χ0n) is 12.1. The van der Waals surface area contributed by atoms with E-state index in [0.29, 0.717) is 11.4 Å². The average Bonchev–Trinajstić information content (AvgIpc) is 2.99. The van der Waals surface area contributed by atoms with Gasteiger partial charge >= 0.3 is 12.0 Å². The molecule has 1 aromatic carbocycles. The summed E-state index contributed by atoms with van der Waals surface area (Å²) in [6, 6.07) is 8.68. The third-order valence-corrected chi connectivity index (χ3v) is 3.39. The lowest BCUT2D eigenvalue weighted by molar-refractivity contribution is -0.123. The van der Waals surface area contributed by atoms with Crippen molar-refractivity contribution in [2.45, 2.75) is 0 Å². The van der Waals surface area contributed by atoms with Crippen LogP contribution in [-0.2, 0) is 9.59 Å². The second-order valence-corrected chi connectivity index (χ2v) is 4.95. The maximum absolute atomic E-state index is 11.8. The van der Waals surface area contributed by atoms with E-state index in [1.165, 1.54) is 18.2 Å². The summed E-state index contributed by atoms with van der Waals surface area (Å²) in [7, 11) is 0. The van der Waals surface area contributed by atoms with E-state index in [1.807, 2.05) is 10.6 Å². The highest BCUT2D eigenvalue weighted by Gasteiger charge is 2.28. The standard InChI is InChI=1S/C16H11N3O5/c20-13-12(14(21)18-16(24)17-13)8-11-5-2-6-19(11)10-4-1-3-9(7-10)15(22)23/h1-8H,(H,22,23)(H2,17,18,20,21,24). The van der Waals surface area contributed by atoms with Gasteiger partial charge in [-0.15, -0.1) is 0 Å². The second kappa shape index (κ2) is 5.84. The molecule has 8 heteroatoms. The van der Waals surface area contributed by atoms with Crippen LogP contribution < -0.4 is 10.6 Å². The number of amides is 4. The van der Waals surface area contributed by atoms with Gasteiger partial charge in [-0.3, -0.25) is 20.2 Å². The normalized spacial score (nSPS) is 14.2. The third-order valence-electron chi connectivity index (χ3n) is 3.39. The number of aromatic carboxylic acids is 1. The summed E-state index contributed by atoms with van der Waals surface area (Å²) < 4.78 is 1.62. The van der Waals surface area contributed by atoms with Crippen molar-refractivity contribution in [3.8, 4) is 5.69 Å². The van der Waals surface area contributed by atoms with Crippen LogP contribution in [0.25, 0.3) is 11.8 Å². The fourth-order valence-electron chi connectivity index (χ4n) is 2.29. The number of nitrogens with zero attached hydrogens (tertiary/aromatic N) is 1. The van der Waals surface area contributed by atoms with Gasteiger partial charge in [0.15, 0.2) is 0 Å². The first-order valence-corrected chi connectivity index (χ1v) is 6.85. The lowest BCUT2D eigenvalue weighted by Gasteiger charge is -2.14. The van der Waals surface area contributed by atoms with Crippen LogP contribution >= 0.6 is 0 Å². The Labute approximate surface area is 135 Å². The van der Waals surface area contributed by atoms with Crippen molar-refractivity contribution in [3.05, 3.63) is 59.4 Å². The largest absolute Gasteiger partial charge is 0.478 e. The summed E-state index contributed by atoms with van der Waals surface area (Å²) in [5.41, 5.74) is 0.925. The van der Waals surface area contributed by atoms with Gasteiger partial charge in [-0.1, -0.05) is 6.07 Å². The van der Waals surface area contributed by atoms with Gasteiger partial charge in [0.25, 0.3) is 11.8 Å². The SMILES string of the molecule is O=C1NC(=O)C(=Cc2cccn2-c2cccc(C(=O)O)c2)C(=O)N1. The number of carboxylic acid groups (broad SMARTS) is 1. The molecule has 3 N–H and O–H groups in total. The summed E-state index contributed by atoms with van der Waals surface area (Å²) >= 11 is 0. The predicted molar refractivity (Wildman–Crippen MR) is 82.4 cm³/mol. The zero-order chi connectivity index (χ0) is 17.3. The van der Waals surface area contributed by atoms with Crippen LogP contribution in [0.3, 0.4) is 0 Å². The van der Waals surface area contributed by atoms with Crippen molar-refractivity contribution in [2.75, 3.05) is 0 Å². The number of carbonyl (C=O) groups excluding carboxylic acids is 3. The van der Waals surface area contributed by atoms with Gasteiger partial charge < -0.3 is 9.67 Å². The zero-order valence-corrected chi connectivity index (χ0v) is 12.1. The van der Waals surface area contributed by atoms with Crippen LogP contribution in [0, 0.1) is 0 Å². The van der Waals surface area contributed by atoms with E-state index in [1.54, 1.807) is 35.0 Å². The predicted octanol–water partition coefficient (Wildman–Crippen LogP) is 0.925. The maximum atomic E-state index is 11.8. The van der Waals surface area contributed by atoms with Crippen molar-refractivity contribution in [2.24, 2.45) is 0 Å². The van der Waals surface area contributed by atoms with Crippen molar-refractivity contribution in [1.29, 1.82) is 0 Å². The Hall–Kier alpha value is -3.68. The number of nitrogens with one attached hydrogen (secondary N) is 2. The molecule has 1 aliphatic heterocycles. The van der Waals surface area contributed by atoms with Crippen molar-refractivity contribution in [3.63, 3.8) is 0 Å². The lowest BCUT2D eigenvalue weighted by Crippen LogP contribution is -2.51. The Morgan fingerprint density at radius 1 is 1.04 bits per heavy atom. The first-order valence-electron chi connectivity index (χ1n) is 6.85. The van der Waals surface area contributed by atoms with Crippen molar-refractivity contribution in [1.82, 2.24) is 15.2 Å². The molecule has 0 bridgehead atoms. The molecule has 0 spiro atoms. The Morgan fingerprint density at radius 3 is 2.42 bits per heavy atom. The van der Waals surface area contributed by atoms with Crippen molar-refractivity contribution >= 4 is 29.9 Å². The highest BCUT2D eigenvalue weighted by atomic mass is 16.4. The van der Waals surface area contributed by atoms with Crippen LogP contribution in [0.4, 0.5) is 4.79 Å². The van der Waals surface area contributed by atoms with Crippen LogP contribution in [0.5, 0.6) is 0 Å². The van der Waals surface area contributed by atoms with Gasteiger partial charge in [0.1, 0.15) is 5.57 Å². The minimum atomic E-state index is -1.06. The fourth-order valence-corrected chi connectivity index (χ4v) is 2.29. The van der Waals surface area contributed by atoms with E-state index in [2.05, 4.69) is 0 Å². The van der Waals surface area contributed by atoms with Gasteiger partial charge in [-0.2, -0.15) is 0 Å². The molecule has 0 saturated carbocycles. The fraction of sp³-hybridized carbons (Fsp3) is 0. The number of barbiturate groups is 1. The molecule has 0 radical (unpaired) electrons. The van der Waals surface area contributed by atoms with Crippen LogP contribution in [0.15, 0.2) is 48.2 Å². The number of aromatic nitrogens is 1. The molecule has 4 amide bonds. The van der Waals surface area contributed by atoms with Crippen LogP contribution in [0.1, 0.15) is 16.1 Å². The Kier molecular flexibility index (Phi) is 3.70. The Balaban J connectivity index is 2.02. The first kappa shape index (κ1) is 15.2. The molecule has 0 unspecified atom stereocenters. The number of carboxylic acids is 1. The molecular weight excluding hydrogens is 314 g/mol. The molecule has 8 nitrogen and oxygen atoms in total. The summed E-state index contributed by atoms with van der Waals surface area (Å²) in [4.78, 5) is 45.7. The molecule has 1 fully saturated rings. The van der Waals surface area contributed by atoms with Gasteiger partial charge in [-0.05, 0) is 36.4 Å². The van der Waals surface area contributed by atoms with E-state index in [4.69, 9.17) is 5.11 Å². The molecular formula is C16H11N3O5. The van der Waals surface area contributed by atoms with E-state index >= 15 is 0 Å². The van der Waals surface area contributed by atoms with E-state index in [0.717, 1.165) is 0 Å². The number of benzene rings is 1. The quantitative estimate of drug-likeness (QED) is 0.573. The number of carbonyl (C=O) groups is 4. The van der Waals surface area contributed by atoms with E-state index in [9.17, 15) is 19.2 Å². The van der Waals surface area contributed by atoms with Gasteiger partial charge in [0, 0.05) is 17.6 Å². The number of imide groups is 2. The van der Waals surface area contributed by atoms with Gasteiger partial charge in [-0.25, -0.2) is 9.59 Å². The highest BCUT2D eigenvalue weighted by Crippen LogP contribution is 2.18. The molecule has 1 aromatic heterocycles. The Morgan fingerprint density at radius 2 is 1.75 bits per heavy atom. The minimum absolute atomic E-state index is 0.110. The minimum Gasteiger partial charge on any atom is -0.478 e. The highest BCUT2D eigenvalue weighted by molar-refractivity contribution is 6.31. The van der Waals surface area contributed by atoms with E-state index in [-0.39, 0.29) is 11.1 Å². The molecule has 0 aliphatic carbocycles. The topological polar surface area (TPSA) is 118 Å². The summed E-state index contributed by atoms with van der Waals surface area (Å²) in [6.07, 6.45) is 2.99. The molecule has 24 heavy (non-hydrogen) atoms. The van der Waals surface area contributed by atoms with Gasteiger partial charge in [0.05, 0.1) is 5.56 Å². The number of hydrogen-bond donors (Lipinski definition) is 3. The molecule has 1 aliphatic rings. The van der Waals surface area contributed by atoms with Crippen molar-refractivity contribution < 1.29 is 24.3 Å². The second-order valence-electron chi connectivity index (χ2n) is 4.95. The summed E-state index contributed by atoms with van der Waals surface area (Å²) in [6.45, 7) is 0. The average molecular weight is 325 g/mol. The van der Waals surface area contributed by atoms with Crippen LogP contribution in [-0.4, -0.2) is 33.5 Å². The summed E-state index contributed by atoms with van der Waals surface area (Å²) in [5, 5.41) is 13.1. The third kappa shape index (κ3) is 2.80. The molecule has 120 valence electrons. The number of rotatable bonds is 3. The van der Waals surface area contributed by atoms with E-state index < -0.39 is 23.8 Å². The van der Waals surface area contributed by atoms with Crippen LogP contribution in [0.2, 0.25) is 0 Å². The molecule has 2 heterocycles. The number of urea groups is 1.